The first kappa shape index (κ1) is 11.8. The van der Waals surface area contributed by atoms with E-state index in [1.54, 1.807) is 6.08 Å². The minimum absolute atomic E-state index is 0.0542. The molecule has 1 aromatic carbocycles. The summed E-state index contributed by atoms with van der Waals surface area (Å²) in [6, 6.07) is 10.3. The van der Waals surface area contributed by atoms with Crippen molar-refractivity contribution in [3.63, 3.8) is 0 Å². The number of nitrogens with one attached hydrogen (secondary N) is 1. The second-order valence-electron chi connectivity index (χ2n) is 3.58. The zero-order chi connectivity index (χ0) is 13.0. The van der Waals surface area contributed by atoms with Crippen molar-refractivity contribution in [3.05, 3.63) is 64.9 Å². The molecule has 2 aromatic rings. The van der Waals surface area contributed by atoms with Gasteiger partial charge in [-0.05, 0) is 23.8 Å². The minimum Gasteiger partial charge on any atom is -0.334 e. The Hall–Kier alpha value is -2.69. The van der Waals surface area contributed by atoms with E-state index in [1.807, 2.05) is 24.3 Å². The first-order chi connectivity index (χ1) is 8.70. The van der Waals surface area contributed by atoms with E-state index in [1.165, 1.54) is 18.3 Å². The lowest BCUT2D eigenvalue weighted by atomic mass is 10.2. The molecule has 0 aliphatic rings. The van der Waals surface area contributed by atoms with Gasteiger partial charge in [0, 0.05) is 18.0 Å². The second-order valence-corrected chi connectivity index (χ2v) is 3.58. The fourth-order valence-corrected chi connectivity index (χ4v) is 1.52. The Morgan fingerprint density at radius 1 is 1.33 bits per heavy atom. The van der Waals surface area contributed by atoms with E-state index >= 15 is 0 Å². The van der Waals surface area contributed by atoms with Crippen molar-refractivity contribution in [1.29, 1.82) is 0 Å². The average molecular weight is 241 g/mol. The monoisotopic (exact) mass is 241 g/mol. The maximum atomic E-state index is 10.8. The zero-order valence-corrected chi connectivity index (χ0v) is 9.54. The van der Waals surface area contributed by atoms with Crippen LogP contribution in [0.25, 0.3) is 6.08 Å². The Morgan fingerprint density at radius 3 is 2.89 bits per heavy atom. The smallest absolute Gasteiger partial charge is 0.311 e. The molecule has 5 heteroatoms. The summed E-state index contributed by atoms with van der Waals surface area (Å²) >= 11 is 0. The van der Waals surface area contributed by atoms with Crippen LogP contribution in [0.15, 0.2) is 49.2 Å². The summed E-state index contributed by atoms with van der Waals surface area (Å²) in [7, 11) is 0. The summed E-state index contributed by atoms with van der Waals surface area (Å²) < 4.78 is 0. The summed E-state index contributed by atoms with van der Waals surface area (Å²) in [6.07, 6.45) is 3.21. The number of benzene rings is 1. The number of hydrogen-bond acceptors (Lipinski definition) is 4. The third kappa shape index (κ3) is 2.52. The Balaban J connectivity index is 2.33. The molecule has 2 rings (SSSR count). The molecule has 0 atom stereocenters. The molecule has 0 aliphatic carbocycles. The molecule has 0 fully saturated rings. The topological polar surface area (TPSA) is 68.1 Å². The molecule has 0 radical (unpaired) electrons. The molecule has 0 bridgehead atoms. The lowest BCUT2D eigenvalue weighted by Gasteiger charge is -2.06. The molecule has 5 nitrogen and oxygen atoms in total. The maximum absolute atomic E-state index is 10.8. The lowest BCUT2D eigenvalue weighted by Crippen LogP contribution is -1.99. The molecule has 0 saturated heterocycles. The van der Waals surface area contributed by atoms with Crippen LogP contribution >= 0.6 is 0 Å². The van der Waals surface area contributed by atoms with Crippen molar-refractivity contribution in [1.82, 2.24) is 4.98 Å². The predicted octanol–water partition coefficient (Wildman–Crippen LogP) is 3.38. The Morgan fingerprint density at radius 2 is 2.17 bits per heavy atom. The summed E-state index contributed by atoms with van der Waals surface area (Å²) in [4.78, 5) is 14.4. The second kappa shape index (κ2) is 5.09. The molecular formula is C13H11N3O2. The standard InChI is InChI=1S/C13H11N3O2/c1-2-10-5-3-6-11(9-10)15-13-12(16(17)18)7-4-8-14-13/h2-9H,1H2,(H,14,15). The van der Waals surface area contributed by atoms with Gasteiger partial charge in [0.1, 0.15) is 0 Å². The number of nitrogens with zero attached hydrogens (tertiary/aromatic N) is 2. The van der Waals surface area contributed by atoms with Crippen LogP contribution in [-0.2, 0) is 0 Å². The Labute approximate surface area is 104 Å². The van der Waals surface area contributed by atoms with Crippen LogP contribution in [0.1, 0.15) is 5.56 Å². The van der Waals surface area contributed by atoms with Crippen LogP contribution in [0.2, 0.25) is 0 Å². The van der Waals surface area contributed by atoms with Crippen molar-refractivity contribution in [2.24, 2.45) is 0 Å². The molecule has 1 aromatic heterocycles. The lowest BCUT2D eigenvalue weighted by molar-refractivity contribution is -0.384. The molecule has 0 amide bonds. The van der Waals surface area contributed by atoms with Gasteiger partial charge in [0.15, 0.2) is 0 Å². The van der Waals surface area contributed by atoms with Gasteiger partial charge >= 0.3 is 5.69 Å². The van der Waals surface area contributed by atoms with E-state index < -0.39 is 4.92 Å². The van der Waals surface area contributed by atoms with Gasteiger partial charge in [-0.2, -0.15) is 0 Å². The van der Waals surface area contributed by atoms with Crippen molar-refractivity contribution >= 4 is 23.3 Å². The summed E-state index contributed by atoms with van der Waals surface area (Å²) in [6.45, 7) is 3.67. The molecule has 1 N–H and O–H groups in total. The molecule has 90 valence electrons. The van der Waals surface area contributed by atoms with Gasteiger partial charge in [0.2, 0.25) is 5.82 Å². The normalized spacial score (nSPS) is 9.78. The predicted molar refractivity (Wildman–Crippen MR) is 70.7 cm³/mol. The first-order valence-corrected chi connectivity index (χ1v) is 5.29. The van der Waals surface area contributed by atoms with Crippen LogP contribution in [0.5, 0.6) is 0 Å². The van der Waals surface area contributed by atoms with E-state index in [9.17, 15) is 10.1 Å². The largest absolute Gasteiger partial charge is 0.334 e. The fourth-order valence-electron chi connectivity index (χ4n) is 1.52. The Kier molecular flexibility index (Phi) is 3.33. The molecule has 0 spiro atoms. The van der Waals surface area contributed by atoms with Gasteiger partial charge in [0.25, 0.3) is 0 Å². The average Bonchev–Trinajstić information content (AvgIpc) is 2.39. The highest BCUT2D eigenvalue weighted by atomic mass is 16.6. The van der Waals surface area contributed by atoms with Crippen LogP contribution in [-0.4, -0.2) is 9.91 Å². The highest BCUT2D eigenvalue weighted by molar-refractivity contribution is 5.67. The highest BCUT2D eigenvalue weighted by Gasteiger charge is 2.13. The molecule has 18 heavy (non-hydrogen) atoms. The summed E-state index contributed by atoms with van der Waals surface area (Å²) in [5, 5.41) is 13.8. The highest BCUT2D eigenvalue weighted by Crippen LogP contribution is 2.24. The number of hydrogen-bond donors (Lipinski definition) is 1. The van der Waals surface area contributed by atoms with Crippen LogP contribution < -0.4 is 5.32 Å². The maximum Gasteiger partial charge on any atom is 0.311 e. The van der Waals surface area contributed by atoms with E-state index in [0.717, 1.165) is 11.3 Å². The quantitative estimate of drug-likeness (QED) is 0.658. The molecule has 1 heterocycles. The van der Waals surface area contributed by atoms with Gasteiger partial charge in [-0.1, -0.05) is 24.8 Å². The number of anilines is 2. The van der Waals surface area contributed by atoms with Gasteiger partial charge < -0.3 is 5.32 Å². The Bertz CT molecular complexity index is 596. The number of pyridine rings is 1. The van der Waals surface area contributed by atoms with Crippen molar-refractivity contribution in [2.75, 3.05) is 5.32 Å². The van der Waals surface area contributed by atoms with Crippen LogP contribution in [0, 0.1) is 10.1 Å². The van der Waals surface area contributed by atoms with Gasteiger partial charge in [0.05, 0.1) is 4.92 Å². The number of aromatic nitrogens is 1. The van der Waals surface area contributed by atoms with Crippen molar-refractivity contribution < 1.29 is 4.92 Å². The number of nitro groups is 1. The summed E-state index contributed by atoms with van der Waals surface area (Å²) in [5.74, 6) is 0.226. The van der Waals surface area contributed by atoms with E-state index in [0.29, 0.717) is 0 Å². The third-order valence-corrected chi connectivity index (χ3v) is 2.37. The first-order valence-electron chi connectivity index (χ1n) is 5.29. The van der Waals surface area contributed by atoms with Crippen LogP contribution in [0.4, 0.5) is 17.2 Å². The zero-order valence-electron chi connectivity index (χ0n) is 9.54. The van der Waals surface area contributed by atoms with Crippen LogP contribution in [0.3, 0.4) is 0 Å². The molecule has 0 saturated carbocycles. The molecule has 0 aliphatic heterocycles. The fraction of sp³-hybridized carbons (Fsp3) is 0. The van der Waals surface area contributed by atoms with E-state index in [-0.39, 0.29) is 11.5 Å². The third-order valence-electron chi connectivity index (χ3n) is 2.37. The van der Waals surface area contributed by atoms with E-state index in [4.69, 9.17) is 0 Å². The molecular weight excluding hydrogens is 230 g/mol. The summed E-state index contributed by atoms with van der Waals surface area (Å²) in [5.41, 5.74) is 1.61. The van der Waals surface area contributed by atoms with Gasteiger partial charge in [-0.15, -0.1) is 0 Å². The SMILES string of the molecule is C=Cc1cccc(Nc2ncccc2[N+](=O)[O-])c1. The van der Waals surface area contributed by atoms with E-state index in [2.05, 4.69) is 16.9 Å². The van der Waals surface area contributed by atoms with Crippen molar-refractivity contribution in [3.8, 4) is 0 Å². The number of rotatable bonds is 4. The van der Waals surface area contributed by atoms with Crippen molar-refractivity contribution in [2.45, 2.75) is 0 Å². The van der Waals surface area contributed by atoms with Gasteiger partial charge in [-0.25, -0.2) is 4.98 Å². The minimum atomic E-state index is -0.466. The van der Waals surface area contributed by atoms with Gasteiger partial charge in [-0.3, -0.25) is 10.1 Å². The molecule has 0 unspecified atom stereocenters.